The topological polar surface area (TPSA) is 138 Å². The zero-order valence-corrected chi connectivity index (χ0v) is 15.1. The van der Waals surface area contributed by atoms with E-state index in [-0.39, 0.29) is 19.0 Å². The number of nitrogens with zero attached hydrogens (tertiary/aromatic N) is 3. The lowest BCUT2D eigenvalue weighted by atomic mass is 9.91. The molecule has 142 valence electrons. The predicted octanol–water partition coefficient (Wildman–Crippen LogP) is 1.87. The molecule has 1 aromatic heterocycles. The van der Waals surface area contributed by atoms with Crippen molar-refractivity contribution in [2.24, 2.45) is 5.73 Å². The van der Waals surface area contributed by atoms with Gasteiger partial charge in [0.2, 0.25) is 11.6 Å². The number of aromatic nitrogens is 1. The average molecular weight is 366 g/mol. The zero-order valence-electron chi connectivity index (χ0n) is 15.1. The third-order valence-electron chi connectivity index (χ3n) is 3.85. The molecule has 0 bridgehead atoms. The lowest BCUT2D eigenvalue weighted by Crippen LogP contribution is -2.66. The molecule has 1 aliphatic rings. The Balaban J connectivity index is 2.12. The van der Waals surface area contributed by atoms with Gasteiger partial charge in [-0.15, -0.1) is 0 Å². The largest absolute Gasteiger partial charge is 0.467 e. The van der Waals surface area contributed by atoms with Crippen LogP contribution in [0, 0.1) is 10.1 Å². The van der Waals surface area contributed by atoms with Crippen LogP contribution in [-0.2, 0) is 4.74 Å². The fourth-order valence-corrected chi connectivity index (χ4v) is 2.51. The van der Waals surface area contributed by atoms with E-state index in [1.807, 2.05) is 6.92 Å². The molecular weight excluding hydrogens is 344 g/mol. The van der Waals surface area contributed by atoms with Crippen molar-refractivity contribution in [1.82, 2.24) is 9.88 Å². The van der Waals surface area contributed by atoms with Crippen LogP contribution in [0.5, 0.6) is 5.88 Å². The summed E-state index contributed by atoms with van der Waals surface area (Å²) in [5.74, 6) is -0.980. The van der Waals surface area contributed by atoms with Gasteiger partial charge in [0.25, 0.3) is 5.91 Å². The SMILES string of the molecule is CCC1(Oc2ccc([N+](=O)[O-])c(C(N)=O)n2)CN(C(=O)OC(C)(C)C)C1. The maximum Gasteiger partial charge on any atom is 0.410 e. The first-order chi connectivity index (χ1) is 12.0. The van der Waals surface area contributed by atoms with Gasteiger partial charge in [-0.1, -0.05) is 6.92 Å². The van der Waals surface area contributed by atoms with Crippen molar-refractivity contribution in [1.29, 1.82) is 0 Å². The summed E-state index contributed by atoms with van der Waals surface area (Å²) in [6.45, 7) is 7.78. The molecule has 1 aliphatic heterocycles. The fourth-order valence-electron chi connectivity index (χ4n) is 2.51. The average Bonchev–Trinajstić information content (AvgIpc) is 2.48. The molecular formula is C16H22N4O6. The highest BCUT2D eigenvalue weighted by molar-refractivity contribution is 5.94. The van der Waals surface area contributed by atoms with Crippen molar-refractivity contribution in [2.75, 3.05) is 13.1 Å². The first-order valence-corrected chi connectivity index (χ1v) is 8.08. The number of nitrogens with two attached hydrogens (primary N) is 1. The molecule has 0 aromatic carbocycles. The van der Waals surface area contributed by atoms with Crippen LogP contribution in [0.25, 0.3) is 0 Å². The molecule has 0 saturated carbocycles. The van der Waals surface area contributed by atoms with E-state index < -0.39 is 39.5 Å². The summed E-state index contributed by atoms with van der Waals surface area (Å²) >= 11 is 0. The number of rotatable bonds is 5. The number of amides is 2. The van der Waals surface area contributed by atoms with Crippen LogP contribution in [0.3, 0.4) is 0 Å². The third-order valence-corrected chi connectivity index (χ3v) is 3.85. The molecule has 10 nitrogen and oxygen atoms in total. The standard InChI is InChI=1S/C16H22N4O6/c1-5-16(8-19(9-16)14(22)26-15(2,3)4)25-11-7-6-10(20(23)24)12(18-11)13(17)21/h6-7H,5,8-9H2,1-4H3,(H2,17,21). The minimum absolute atomic E-state index is 0.0371. The van der Waals surface area contributed by atoms with Gasteiger partial charge in [0, 0.05) is 12.1 Å². The van der Waals surface area contributed by atoms with E-state index in [2.05, 4.69) is 4.98 Å². The molecule has 0 aliphatic carbocycles. The minimum Gasteiger partial charge on any atom is -0.467 e. The Morgan fingerprint density at radius 3 is 2.46 bits per heavy atom. The summed E-state index contributed by atoms with van der Waals surface area (Å²) in [7, 11) is 0. The maximum absolute atomic E-state index is 12.1. The summed E-state index contributed by atoms with van der Waals surface area (Å²) in [5.41, 5.74) is 2.90. The van der Waals surface area contributed by atoms with Crippen LogP contribution in [0.4, 0.5) is 10.5 Å². The second-order valence-corrected chi connectivity index (χ2v) is 7.11. The number of nitro groups is 1. The number of carbonyl (C=O) groups is 2. The molecule has 0 radical (unpaired) electrons. The first-order valence-electron chi connectivity index (χ1n) is 8.08. The predicted molar refractivity (Wildman–Crippen MR) is 90.9 cm³/mol. The van der Waals surface area contributed by atoms with Crippen molar-refractivity contribution in [3.05, 3.63) is 27.9 Å². The Morgan fingerprint density at radius 1 is 1.38 bits per heavy atom. The summed E-state index contributed by atoms with van der Waals surface area (Å²) in [6.07, 6.45) is 0.122. The van der Waals surface area contributed by atoms with Crippen molar-refractivity contribution >= 4 is 17.7 Å². The van der Waals surface area contributed by atoms with E-state index in [4.69, 9.17) is 15.2 Å². The molecule has 2 amide bonds. The van der Waals surface area contributed by atoms with Crippen LogP contribution in [-0.4, -0.2) is 51.1 Å². The van der Waals surface area contributed by atoms with Crippen molar-refractivity contribution in [2.45, 2.75) is 45.3 Å². The number of hydrogen-bond acceptors (Lipinski definition) is 7. The van der Waals surface area contributed by atoms with Crippen LogP contribution in [0.1, 0.15) is 44.6 Å². The van der Waals surface area contributed by atoms with Crippen LogP contribution >= 0.6 is 0 Å². The third kappa shape index (κ3) is 4.19. The van der Waals surface area contributed by atoms with Gasteiger partial charge in [0.1, 0.15) is 11.2 Å². The van der Waals surface area contributed by atoms with Crippen LogP contribution < -0.4 is 10.5 Å². The lowest BCUT2D eigenvalue weighted by molar-refractivity contribution is -0.385. The molecule has 1 fully saturated rings. The summed E-state index contributed by atoms with van der Waals surface area (Å²) in [6, 6.07) is 2.42. The molecule has 0 unspecified atom stereocenters. The Kier molecular flexibility index (Phi) is 5.06. The van der Waals surface area contributed by atoms with E-state index in [9.17, 15) is 19.7 Å². The second kappa shape index (κ2) is 6.77. The highest BCUT2D eigenvalue weighted by Crippen LogP contribution is 2.32. The molecule has 10 heteroatoms. The molecule has 0 atom stereocenters. The molecule has 2 rings (SSSR count). The molecule has 2 N–H and O–H groups in total. The Hall–Kier alpha value is -2.91. The molecule has 0 spiro atoms. The van der Waals surface area contributed by atoms with Gasteiger partial charge in [-0.25, -0.2) is 9.78 Å². The van der Waals surface area contributed by atoms with Crippen LogP contribution in [0.15, 0.2) is 12.1 Å². The number of primary amides is 1. The van der Waals surface area contributed by atoms with Crippen molar-refractivity contribution < 1.29 is 24.0 Å². The van der Waals surface area contributed by atoms with E-state index in [1.165, 1.54) is 11.0 Å². The Labute approximate surface area is 150 Å². The van der Waals surface area contributed by atoms with Gasteiger partial charge in [-0.2, -0.15) is 0 Å². The van der Waals surface area contributed by atoms with E-state index in [0.29, 0.717) is 6.42 Å². The van der Waals surface area contributed by atoms with E-state index >= 15 is 0 Å². The molecule has 2 heterocycles. The van der Waals surface area contributed by atoms with Crippen molar-refractivity contribution in [3.8, 4) is 5.88 Å². The van der Waals surface area contributed by atoms with Crippen LogP contribution in [0.2, 0.25) is 0 Å². The zero-order chi connectivity index (χ0) is 19.7. The number of ether oxygens (including phenoxy) is 2. The van der Waals surface area contributed by atoms with Crippen molar-refractivity contribution in [3.63, 3.8) is 0 Å². The quantitative estimate of drug-likeness (QED) is 0.620. The second-order valence-electron chi connectivity index (χ2n) is 7.11. The van der Waals surface area contributed by atoms with Gasteiger partial charge < -0.3 is 20.1 Å². The van der Waals surface area contributed by atoms with Gasteiger partial charge in [-0.3, -0.25) is 14.9 Å². The van der Waals surface area contributed by atoms with Gasteiger partial charge in [0.15, 0.2) is 0 Å². The van der Waals surface area contributed by atoms with Gasteiger partial charge in [-0.05, 0) is 27.2 Å². The maximum atomic E-state index is 12.1. The fraction of sp³-hybridized carbons (Fsp3) is 0.562. The molecule has 1 aromatic rings. The van der Waals surface area contributed by atoms with Gasteiger partial charge in [0.05, 0.1) is 18.0 Å². The first kappa shape index (κ1) is 19.4. The number of carbonyl (C=O) groups excluding carboxylic acids is 2. The van der Waals surface area contributed by atoms with E-state index in [0.717, 1.165) is 6.07 Å². The highest BCUT2D eigenvalue weighted by Gasteiger charge is 2.48. The van der Waals surface area contributed by atoms with Gasteiger partial charge >= 0.3 is 11.8 Å². The summed E-state index contributed by atoms with van der Waals surface area (Å²) < 4.78 is 11.1. The number of likely N-dealkylation sites (tertiary alicyclic amines) is 1. The highest BCUT2D eigenvalue weighted by atomic mass is 16.6. The number of hydrogen-bond donors (Lipinski definition) is 1. The summed E-state index contributed by atoms with van der Waals surface area (Å²) in [5, 5.41) is 10.9. The molecule has 1 saturated heterocycles. The Bertz CT molecular complexity index is 737. The normalized spacial score (nSPS) is 15.8. The monoisotopic (exact) mass is 366 g/mol. The van der Waals surface area contributed by atoms with E-state index in [1.54, 1.807) is 20.8 Å². The molecule has 26 heavy (non-hydrogen) atoms. The smallest absolute Gasteiger partial charge is 0.410 e. The number of pyridine rings is 1. The Morgan fingerprint density at radius 2 is 2.00 bits per heavy atom. The lowest BCUT2D eigenvalue weighted by Gasteiger charge is -2.48. The minimum atomic E-state index is -1.02. The summed E-state index contributed by atoms with van der Waals surface area (Å²) in [4.78, 5) is 39.0.